The van der Waals surface area contributed by atoms with Gasteiger partial charge in [-0.25, -0.2) is 0 Å². The number of halogens is 1. The van der Waals surface area contributed by atoms with Gasteiger partial charge in [0, 0.05) is 29.5 Å². The van der Waals surface area contributed by atoms with E-state index in [0.29, 0.717) is 6.54 Å². The number of aromatic amines is 1. The highest BCUT2D eigenvalue weighted by Gasteiger charge is 2.09. The summed E-state index contributed by atoms with van der Waals surface area (Å²) in [6, 6.07) is 3.98. The molecule has 0 atom stereocenters. The maximum absolute atomic E-state index is 10.8. The number of benzene rings is 1. The molecule has 0 aliphatic rings. The van der Waals surface area contributed by atoms with Crippen LogP contribution in [0.4, 0.5) is 0 Å². The lowest BCUT2D eigenvalue weighted by molar-refractivity contribution is -0.118. The highest BCUT2D eigenvalue weighted by Crippen LogP contribution is 2.31. The molecule has 0 unspecified atom stereocenters. The third-order valence-corrected chi connectivity index (χ3v) is 3.25. The molecule has 2 aromatic rings. The zero-order chi connectivity index (χ0) is 13.1. The Labute approximate surface area is 114 Å². The molecule has 1 heterocycles. The first-order valence-electron chi connectivity index (χ1n) is 5.69. The van der Waals surface area contributed by atoms with Gasteiger partial charge in [0.05, 0.1) is 12.6 Å². The van der Waals surface area contributed by atoms with E-state index in [1.54, 1.807) is 7.11 Å². The number of carbonyl (C=O) groups excluding carboxylic acids is 1. The molecule has 0 fully saturated rings. The first kappa shape index (κ1) is 13.0. The fourth-order valence-electron chi connectivity index (χ4n) is 1.96. The number of carbonyl (C=O) groups is 1. The second-order valence-electron chi connectivity index (χ2n) is 4.08. The van der Waals surface area contributed by atoms with Crippen LogP contribution in [0.3, 0.4) is 0 Å². The van der Waals surface area contributed by atoms with Crippen molar-refractivity contribution in [3.63, 3.8) is 0 Å². The van der Waals surface area contributed by atoms with E-state index in [-0.39, 0.29) is 5.91 Å². The van der Waals surface area contributed by atoms with Crippen molar-refractivity contribution >= 4 is 32.7 Å². The smallest absolute Gasteiger partial charge is 0.216 e. The van der Waals surface area contributed by atoms with Crippen molar-refractivity contribution < 1.29 is 9.53 Å². The Morgan fingerprint density at radius 2 is 2.28 bits per heavy atom. The molecule has 1 aromatic carbocycles. The van der Waals surface area contributed by atoms with Gasteiger partial charge in [-0.15, -0.1) is 0 Å². The van der Waals surface area contributed by atoms with Crippen LogP contribution in [0.25, 0.3) is 10.9 Å². The van der Waals surface area contributed by atoms with Crippen LogP contribution in [0.1, 0.15) is 12.5 Å². The molecule has 4 nitrogen and oxygen atoms in total. The van der Waals surface area contributed by atoms with E-state index < -0.39 is 0 Å². The molecule has 5 heteroatoms. The Morgan fingerprint density at radius 1 is 1.50 bits per heavy atom. The number of methoxy groups -OCH3 is 1. The van der Waals surface area contributed by atoms with Gasteiger partial charge < -0.3 is 15.0 Å². The lowest BCUT2D eigenvalue weighted by atomic mass is 10.1. The average Bonchev–Trinajstić information content (AvgIpc) is 2.71. The van der Waals surface area contributed by atoms with Crippen molar-refractivity contribution in [3.8, 4) is 5.75 Å². The monoisotopic (exact) mass is 310 g/mol. The van der Waals surface area contributed by atoms with Gasteiger partial charge in [-0.1, -0.05) is 15.9 Å². The molecule has 2 N–H and O–H groups in total. The quantitative estimate of drug-likeness (QED) is 0.912. The summed E-state index contributed by atoms with van der Waals surface area (Å²) in [4.78, 5) is 14.1. The number of rotatable bonds is 4. The summed E-state index contributed by atoms with van der Waals surface area (Å²) < 4.78 is 6.31. The van der Waals surface area contributed by atoms with Crippen molar-refractivity contribution in [2.24, 2.45) is 0 Å². The number of H-pyrrole nitrogens is 1. The van der Waals surface area contributed by atoms with Gasteiger partial charge in [-0.2, -0.15) is 0 Å². The number of hydrogen-bond acceptors (Lipinski definition) is 2. The van der Waals surface area contributed by atoms with Crippen LogP contribution in [0.15, 0.2) is 22.8 Å². The van der Waals surface area contributed by atoms with Crippen LogP contribution in [-0.4, -0.2) is 24.5 Å². The van der Waals surface area contributed by atoms with E-state index in [2.05, 4.69) is 32.3 Å². The molecular formula is C13H15BrN2O2. The normalized spacial score (nSPS) is 10.6. The van der Waals surface area contributed by atoms with Gasteiger partial charge in [0.25, 0.3) is 0 Å². The average molecular weight is 311 g/mol. The molecule has 0 bridgehead atoms. The highest BCUT2D eigenvalue weighted by molar-refractivity contribution is 9.10. The summed E-state index contributed by atoms with van der Waals surface area (Å²) >= 11 is 3.47. The van der Waals surface area contributed by atoms with Crippen molar-refractivity contribution in [3.05, 3.63) is 28.4 Å². The Hall–Kier alpha value is -1.49. The number of aromatic nitrogens is 1. The van der Waals surface area contributed by atoms with Crippen LogP contribution in [0.2, 0.25) is 0 Å². The minimum atomic E-state index is -0.00592. The highest BCUT2D eigenvalue weighted by atomic mass is 79.9. The zero-order valence-corrected chi connectivity index (χ0v) is 11.9. The van der Waals surface area contributed by atoms with Crippen molar-refractivity contribution in [2.75, 3.05) is 13.7 Å². The zero-order valence-electron chi connectivity index (χ0n) is 10.3. The summed E-state index contributed by atoms with van der Waals surface area (Å²) in [7, 11) is 1.65. The van der Waals surface area contributed by atoms with E-state index in [4.69, 9.17) is 4.74 Å². The maximum atomic E-state index is 10.8. The van der Waals surface area contributed by atoms with Crippen molar-refractivity contribution in [1.82, 2.24) is 10.3 Å². The van der Waals surface area contributed by atoms with Gasteiger partial charge in [-0.3, -0.25) is 4.79 Å². The van der Waals surface area contributed by atoms with Crippen LogP contribution in [0.5, 0.6) is 5.75 Å². The fourth-order valence-corrected chi connectivity index (χ4v) is 2.40. The first-order valence-corrected chi connectivity index (χ1v) is 6.49. The number of hydrogen-bond donors (Lipinski definition) is 2. The molecule has 0 radical (unpaired) electrons. The topological polar surface area (TPSA) is 54.1 Å². The van der Waals surface area contributed by atoms with E-state index in [9.17, 15) is 4.79 Å². The standard InChI is InChI=1S/C13H15BrN2O2/c1-8(17)15-4-3-9-7-16-13-11(9)5-10(14)6-12(13)18-2/h5-7,16H,3-4H2,1-2H3,(H,15,17). The third kappa shape index (κ3) is 2.67. The van der Waals surface area contributed by atoms with Crippen molar-refractivity contribution in [1.29, 1.82) is 0 Å². The second-order valence-corrected chi connectivity index (χ2v) is 4.99. The van der Waals surface area contributed by atoms with Crippen molar-refractivity contribution in [2.45, 2.75) is 13.3 Å². The lowest BCUT2D eigenvalue weighted by Gasteiger charge is -2.04. The minimum absolute atomic E-state index is 0.00592. The summed E-state index contributed by atoms with van der Waals surface area (Å²) in [5.74, 6) is 0.804. The second kappa shape index (κ2) is 5.44. The number of nitrogens with one attached hydrogen (secondary N) is 2. The summed E-state index contributed by atoms with van der Waals surface area (Å²) in [6.07, 6.45) is 2.75. The first-order chi connectivity index (χ1) is 8.61. The molecule has 0 aliphatic heterocycles. The number of fused-ring (bicyclic) bond motifs is 1. The molecule has 2 rings (SSSR count). The SMILES string of the molecule is COc1cc(Br)cc2c(CCNC(C)=O)c[nH]c12. The van der Waals surface area contributed by atoms with Gasteiger partial charge in [0.15, 0.2) is 0 Å². The van der Waals surface area contributed by atoms with Crippen LogP contribution in [0, 0.1) is 0 Å². The molecule has 96 valence electrons. The van der Waals surface area contributed by atoms with Gasteiger partial charge >= 0.3 is 0 Å². The summed E-state index contributed by atoms with van der Waals surface area (Å²) in [5.41, 5.74) is 2.15. The van der Waals surface area contributed by atoms with E-state index in [1.807, 2.05) is 12.3 Å². The van der Waals surface area contributed by atoms with Crippen LogP contribution < -0.4 is 10.1 Å². The maximum Gasteiger partial charge on any atom is 0.216 e. The molecular weight excluding hydrogens is 296 g/mol. The Bertz CT molecular complexity index is 578. The number of ether oxygens (including phenoxy) is 1. The molecule has 0 aliphatic carbocycles. The Kier molecular flexibility index (Phi) is 3.91. The largest absolute Gasteiger partial charge is 0.495 e. The van der Waals surface area contributed by atoms with Gasteiger partial charge in [-0.05, 0) is 24.1 Å². The minimum Gasteiger partial charge on any atom is -0.495 e. The molecule has 0 spiro atoms. The Balaban J connectivity index is 2.29. The van der Waals surface area contributed by atoms with Crippen LogP contribution in [-0.2, 0) is 11.2 Å². The van der Waals surface area contributed by atoms with E-state index in [1.165, 1.54) is 12.5 Å². The predicted molar refractivity (Wildman–Crippen MR) is 74.9 cm³/mol. The predicted octanol–water partition coefficient (Wildman–Crippen LogP) is 2.62. The summed E-state index contributed by atoms with van der Waals surface area (Å²) in [6.45, 7) is 2.16. The van der Waals surface area contributed by atoms with E-state index in [0.717, 1.165) is 27.5 Å². The molecule has 1 amide bonds. The molecule has 0 saturated carbocycles. The lowest BCUT2D eigenvalue weighted by Crippen LogP contribution is -2.22. The number of amides is 1. The van der Waals surface area contributed by atoms with Crippen LogP contribution >= 0.6 is 15.9 Å². The molecule has 0 saturated heterocycles. The van der Waals surface area contributed by atoms with E-state index >= 15 is 0 Å². The summed E-state index contributed by atoms with van der Waals surface area (Å²) in [5, 5.41) is 3.91. The molecule has 1 aromatic heterocycles. The van der Waals surface area contributed by atoms with Gasteiger partial charge in [0.2, 0.25) is 5.91 Å². The van der Waals surface area contributed by atoms with Gasteiger partial charge in [0.1, 0.15) is 5.75 Å². The third-order valence-electron chi connectivity index (χ3n) is 2.79. The molecule has 18 heavy (non-hydrogen) atoms. The Morgan fingerprint density at radius 3 is 2.94 bits per heavy atom. The fraction of sp³-hybridized carbons (Fsp3) is 0.308.